The Morgan fingerprint density at radius 1 is 1.50 bits per heavy atom. The fraction of sp³-hybridized carbons (Fsp3) is 0.455. The number of ether oxygens (including phenoxy) is 2. The predicted molar refractivity (Wildman–Crippen MR) is 54.8 cm³/mol. The zero-order chi connectivity index (χ0) is 10.1. The van der Waals surface area contributed by atoms with Crippen molar-refractivity contribution < 1.29 is 9.47 Å². The van der Waals surface area contributed by atoms with Gasteiger partial charge in [-0.15, -0.1) is 0 Å². The van der Waals surface area contributed by atoms with Crippen molar-refractivity contribution in [2.75, 3.05) is 13.7 Å². The Bertz CT molecular complexity index is 347. The van der Waals surface area contributed by atoms with Crippen molar-refractivity contribution in [2.24, 2.45) is 5.73 Å². The summed E-state index contributed by atoms with van der Waals surface area (Å²) in [5.74, 6) is 1.68. The first-order valence-electron chi connectivity index (χ1n) is 4.82. The highest BCUT2D eigenvalue weighted by Gasteiger charge is 2.21. The van der Waals surface area contributed by atoms with Gasteiger partial charge in [0.25, 0.3) is 0 Å². The highest BCUT2D eigenvalue weighted by atomic mass is 16.5. The summed E-state index contributed by atoms with van der Waals surface area (Å²) in [5, 5.41) is 0. The molecule has 2 N–H and O–H groups in total. The lowest BCUT2D eigenvalue weighted by molar-refractivity contribution is 0.326. The van der Waals surface area contributed by atoms with E-state index in [0.29, 0.717) is 0 Å². The molecule has 1 aromatic carbocycles. The lowest BCUT2D eigenvalue weighted by Crippen LogP contribution is -2.07. The molecule has 0 aromatic heterocycles. The molecule has 1 heterocycles. The summed E-state index contributed by atoms with van der Waals surface area (Å²) < 4.78 is 10.8. The maximum atomic E-state index is 5.88. The minimum Gasteiger partial charge on any atom is -0.493 e. The molecular formula is C11H15NO2. The lowest BCUT2D eigenvalue weighted by Gasteiger charge is -2.13. The van der Waals surface area contributed by atoms with Gasteiger partial charge in [0.1, 0.15) is 0 Å². The van der Waals surface area contributed by atoms with Gasteiger partial charge >= 0.3 is 0 Å². The first-order valence-corrected chi connectivity index (χ1v) is 4.82. The average Bonchev–Trinajstić information content (AvgIpc) is 2.64. The van der Waals surface area contributed by atoms with Crippen LogP contribution in [0.4, 0.5) is 0 Å². The van der Waals surface area contributed by atoms with Crippen LogP contribution in [0.15, 0.2) is 12.1 Å². The molecule has 1 aromatic rings. The van der Waals surface area contributed by atoms with Gasteiger partial charge in [-0.2, -0.15) is 0 Å². The third-order valence-electron chi connectivity index (χ3n) is 2.57. The second-order valence-corrected chi connectivity index (χ2v) is 3.55. The first kappa shape index (κ1) is 9.34. The third-order valence-corrected chi connectivity index (χ3v) is 2.57. The molecule has 0 aliphatic carbocycles. The Kier molecular flexibility index (Phi) is 2.33. The summed E-state index contributed by atoms with van der Waals surface area (Å²) in [6.45, 7) is 2.72. The molecule has 14 heavy (non-hydrogen) atoms. The van der Waals surface area contributed by atoms with Crippen LogP contribution < -0.4 is 15.2 Å². The molecule has 0 saturated heterocycles. The molecule has 1 aliphatic rings. The molecule has 1 aliphatic heterocycles. The van der Waals surface area contributed by atoms with Crippen LogP contribution in [-0.2, 0) is 6.42 Å². The van der Waals surface area contributed by atoms with Crippen LogP contribution in [0.3, 0.4) is 0 Å². The van der Waals surface area contributed by atoms with Crippen LogP contribution >= 0.6 is 0 Å². The molecule has 0 radical (unpaired) electrons. The van der Waals surface area contributed by atoms with Crippen molar-refractivity contribution in [3.63, 3.8) is 0 Å². The van der Waals surface area contributed by atoms with Gasteiger partial charge < -0.3 is 15.2 Å². The predicted octanol–water partition coefficient (Wildman–Crippen LogP) is 1.65. The van der Waals surface area contributed by atoms with Crippen LogP contribution in [0.1, 0.15) is 24.1 Å². The molecule has 3 heteroatoms. The molecule has 0 bridgehead atoms. The van der Waals surface area contributed by atoms with Crippen molar-refractivity contribution >= 4 is 0 Å². The normalized spacial score (nSPS) is 15.9. The fourth-order valence-corrected chi connectivity index (χ4v) is 1.88. The number of nitrogens with two attached hydrogens (primary N) is 1. The van der Waals surface area contributed by atoms with E-state index < -0.39 is 0 Å². The molecule has 0 amide bonds. The smallest absolute Gasteiger partial charge is 0.164 e. The van der Waals surface area contributed by atoms with E-state index in [-0.39, 0.29) is 6.04 Å². The summed E-state index contributed by atoms with van der Waals surface area (Å²) in [5.41, 5.74) is 8.25. The van der Waals surface area contributed by atoms with E-state index in [9.17, 15) is 0 Å². The molecule has 1 unspecified atom stereocenters. The van der Waals surface area contributed by atoms with Gasteiger partial charge in [0.05, 0.1) is 13.7 Å². The quantitative estimate of drug-likeness (QED) is 0.776. The van der Waals surface area contributed by atoms with Gasteiger partial charge in [0, 0.05) is 18.0 Å². The second-order valence-electron chi connectivity index (χ2n) is 3.55. The van der Waals surface area contributed by atoms with E-state index in [1.165, 1.54) is 11.1 Å². The van der Waals surface area contributed by atoms with Crippen LogP contribution in [0, 0.1) is 0 Å². The molecular weight excluding hydrogens is 178 g/mol. The number of fused-ring (bicyclic) bond motifs is 1. The Labute approximate surface area is 83.8 Å². The topological polar surface area (TPSA) is 44.5 Å². The zero-order valence-electron chi connectivity index (χ0n) is 8.54. The summed E-state index contributed by atoms with van der Waals surface area (Å²) >= 11 is 0. The van der Waals surface area contributed by atoms with Crippen LogP contribution in [0.25, 0.3) is 0 Å². The van der Waals surface area contributed by atoms with Gasteiger partial charge in [-0.25, -0.2) is 0 Å². The van der Waals surface area contributed by atoms with E-state index in [2.05, 4.69) is 0 Å². The van der Waals surface area contributed by atoms with Gasteiger partial charge in [0.15, 0.2) is 11.5 Å². The third kappa shape index (κ3) is 1.34. The second kappa shape index (κ2) is 3.50. The fourth-order valence-electron chi connectivity index (χ4n) is 1.88. The molecule has 1 atom stereocenters. The minimum atomic E-state index is 0.0522. The van der Waals surface area contributed by atoms with E-state index in [4.69, 9.17) is 15.2 Å². The van der Waals surface area contributed by atoms with Gasteiger partial charge in [-0.3, -0.25) is 0 Å². The number of hydrogen-bond donors (Lipinski definition) is 1. The van der Waals surface area contributed by atoms with E-state index in [0.717, 1.165) is 24.5 Å². The summed E-state index contributed by atoms with van der Waals surface area (Å²) in [7, 11) is 1.66. The van der Waals surface area contributed by atoms with Crippen molar-refractivity contribution in [1.29, 1.82) is 0 Å². The van der Waals surface area contributed by atoms with Crippen LogP contribution in [0.2, 0.25) is 0 Å². The van der Waals surface area contributed by atoms with Crippen molar-refractivity contribution in [3.8, 4) is 11.5 Å². The van der Waals surface area contributed by atoms with E-state index in [1.54, 1.807) is 7.11 Å². The Balaban J connectivity index is 2.53. The van der Waals surface area contributed by atoms with E-state index >= 15 is 0 Å². The van der Waals surface area contributed by atoms with Crippen molar-refractivity contribution in [2.45, 2.75) is 19.4 Å². The molecule has 0 saturated carbocycles. The van der Waals surface area contributed by atoms with Crippen molar-refractivity contribution in [1.82, 2.24) is 0 Å². The maximum Gasteiger partial charge on any atom is 0.164 e. The molecule has 3 nitrogen and oxygen atoms in total. The average molecular weight is 193 g/mol. The number of hydrogen-bond acceptors (Lipinski definition) is 3. The van der Waals surface area contributed by atoms with Crippen LogP contribution in [-0.4, -0.2) is 13.7 Å². The Morgan fingerprint density at radius 2 is 2.29 bits per heavy atom. The Morgan fingerprint density at radius 3 is 2.93 bits per heavy atom. The molecule has 0 fully saturated rings. The lowest BCUT2D eigenvalue weighted by atomic mass is 9.99. The van der Waals surface area contributed by atoms with Crippen LogP contribution in [0.5, 0.6) is 11.5 Å². The largest absolute Gasteiger partial charge is 0.493 e. The molecule has 76 valence electrons. The summed E-state index contributed by atoms with van der Waals surface area (Å²) in [6.07, 6.45) is 0.934. The number of rotatable bonds is 2. The number of methoxy groups -OCH3 is 1. The van der Waals surface area contributed by atoms with E-state index in [1.807, 2.05) is 19.1 Å². The first-order chi connectivity index (χ1) is 6.74. The highest BCUT2D eigenvalue weighted by Crippen LogP contribution is 2.39. The monoisotopic (exact) mass is 193 g/mol. The minimum absolute atomic E-state index is 0.0522. The highest BCUT2D eigenvalue weighted by molar-refractivity contribution is 5.53. The molecule has 2 rings (SSSR count). The number of benzene rings is 1. The van der Waals surface area contributed by atoms with Gasteiger partial charge in [-0.05, 0) is 18.6 Å². The Hall–Kier alpha value is -1.22. The zero-order valence-corrected chi connectivity index (χ0v) is 8.54. The standard InChI is InChI=1S/C11H15NO2/c1-7(12)8-3-4-10(13-2)11-9(8)5-6-14-11/h3-4,7H,5-6,12H2,1-2H3. The molecule has 0 spiro atoms. The SMILES string of the molecule is COc1ccc(C(C)N)c2c1OCC2. The maximum absolute atomic E-state index is 5.88. The summed E-state index contributed by atoms with van der Waals surface area (Å²) in [6, 6.07) is 4.00. The van der Waals surface area contributed by atoms with Gasteiger partial charge in [0.2, 0.25) is 0 Å². The van der Waals surface area contributed by atoms with Crippen molar-refractivity contribution in [3.05, 3.63) is 23.3 Å². The summed E-state index contributed by atoms with van der Waals surface area (Å²) in [4.78, 5) is 0. The van der Waals surface area contributed by atoms with Gasteiger partial charge in [-0.1, -0.05) is 6.07 Å².